The number of carbonyl (C=O) groups excluding carboxylic acids is 1. The second kappa shape index (κ2) is 9.41. The number of nitrogens with zero attached hydrogens (tertiary/aromatic N) is 3. The normalized spacial score (nSPS) is 17.3. The van der Waals surface area contributed by atoms with E-state index in [0.717, 1.165) is 11.5 Å². The molecule has 0 atom stereocenters. The number of likely N-dealkylation sites (tertiary alicyclic amines) is 1. The molecule has 0 bridgehead atoms. The summed E-state index contributed by atoms with van der Waals surface area (Å²) >= 11 is 1.84. The first-order valence-electron chi connectivity index (χ1n) is 10.7. The van der Waals surface area contributed by atoms with Crippen LogP contribution in [0.4, 0.5) is 4.39 Å². The Bertz CT molecular complexity index is 1220. The lowest BCUT2D eigenvalue weighted by Crippen LogP contribution is -2.63. The lowest BCUT2D eigenvalue weighted by atomic mass is 9.88. The molecule has 3 heterocycles. The molecule has 2 aliphatic rings. The van der Waals surface area contributed by atoms with Crippen LogP contribution in [0.3, 0.4) is 0 Å². The van der Waals surface area contributed by atoms with Gasteiger partial charge in [0.05, 0.1) is 6.42 Å². The van der Waals surface area contributed by atoms with Gasteiger partial charge in [0.2, 0.25) is 15.9 Å². The fourth-order valence-electron chi connectivity index (χ4n) is 4.12. The monoisotopic (exact) mass is 488 g/mol. The lowest BCUT2D eigenvalue weighted by molar-refractivity contribution is -0.118. The molecule has 0 spiro atoms. The van der Waals surface area contributed by atoms with E-state index in [1.165, 1.54) is 24.4 Å². The fraction of sp³-hybridized carbons (Fsp3) is 0.435. The van der Waals surface area contributed by atoms with Crippen molar-refractivity contribution in [1.82, 2.24) is 14.6 Å². The molecule has 1 aromatic carbocycles. The predicted octanol–water partition coefficient (Wildman–Crippen LogP) is 2.67. The Morgan fingerprint density at radius 1 is 1.33 bits per heavy atom. The van der Waals surface area contributed by atoms with Crippen LogP contribution >= 0.6 is 11.8 Å². The van der Waals surface area contributed by atoms with Crippen LogP contribution in [0.1, 0.15) is 36.6 Å². The maximum absolute atomic E-state index is 14.5. The largest absolute Gasteiger partial charge is 0.296 e. The first-order chi connectivity index (χ1) is 15.7. The highest BCUT2D eigenvalue weighted by molar-refractivity contribution is 8.00. The highest BCUT2D eigenvalue weighted by atomic mass is 32.2. The summed E-state index contributed by atoms with van der Waals surface area (Å²) in [5.41, 5.74) is 2.31. The van der Waals surface area contributed by atoms with E-state index in [9.17, 15) is 22.9 Å². The Labute approximate surface area is 197 Å². The van der Waals surface area contributed by atoms with Gasteiger partial charge in [-0.2, -0.15) is 17.0 Å². The molecule has 10 heteroatoms. The van der Waals surface area contributed by atoms with Gasteiger partial charge in [-0.1, -0.05) is 13.8 Å². The van der Waals surface area contributed by atoms with Gasteiger partial charge in [-0.15, -0.1) is 0 Å². The molecule has 0 aliphatic carbocycles. The lowest BCUT2D eigenvalue weighted by Gasteiger charge is -2.46. The van der Waals surface area contributed by atoms with Gasteiger partial charge in [-0.3, -0.25) is 14.4 Å². The number of pyridine rings is 1. The number of halogens is 1. The summed E-state index contributed by atoms with van der Waals surface area (Å²) in [5, 5.41) is 8.57. The van der Waals surface area contributed by atoms with Crippen LogP contribution in [-0.2, 0) is 21.2 Å². The second-order valence-corrected chi connectivity index (χ2v) is 11.8. The second-order valence-electron chi connectivity index (χ2n) is 8.73. The molecular weight excluding hydrogens is 463 g/mol. The summed E-state index contributed by atoms with van der Waals surface area (Å²) in [7, 11) is -3.80. The zero-order valence-corrected chi connectivity index (χ0v) is 20.0. The third-order valence-corrected chi connectivity index (χ3v) is 9.03. The third kappa shape index (κ3) is 5.05. The molecule has 33 heavy (non-hydrogen) atoms. The molecule has 174 valence electrons. The van der Waals surface area contributed by atoms with Crippen LogP contribution in [0.5, 0.6) is 0 Å². The number of sulfonamides is 1. The molecule has 4 rings (SSSR count). The van der Waals surface area contributed by atoms with Crippen molar-refractivity contribution >= 4 is 27.7 Å². The van der Waals surface area contributed by atoms with E-state index in [1.807, 2.05) is 31.7 Å². The van der Waals surface area contributed by atoms with Crippen LogP contribution in [0.15, 0.2) is 30.5 Å². The molecular formula is C23H25FN4O3S2. The average Bonchev–Trinajstić information content (AvgIpc) is 2.69. The molecule has 0 radical (unpaired) electrons. The molecule has 2 aliphatic heterocycles. The molecule has 0 saturated carbocycles. The van der Waals surface area contributed by atoms with Gasteiger partial charge in [-0.05, 0) is 52.4 Å². The number of hydrogen-bond acceptors (Lipinski definition) is 7. The number of amides is 1. The summed E-state index contributed by atoms with van der Waals surface area (Å²) < 4.78 is 42.1. The van der Waals surface area contributed by atoms with Crippen molar-refractivity contribution in [2.45, 2.75) is 37.5 Å². The smallest absolute Gasteiger partial charge is 0.240 e. The fourth-order valence-corrected chi connectivity index (χ4v) is 6.32. The number of hydrogen-bond donors (Lipinski definition) is 1. The van der Waals surface area contributed by atoms with E-state index in [0.29, 0.717) is 41.4 Å². The number of benzene rings is 1. The highest BCUT2D eigenvalue weighted by Crippen LogP contribution is 2.33. The molecule has 2 fully saturated rings. The van der Waals surface area contributed by atoms with Gasteiger partial charge in [0.15, 0.2) is 0 Å². The first kappa shape index (κ1) is 23.7. The quantitative estimate of drug-likeness (QED) is 0.639. The Hall–Kier alpha value is -2.48. The van der Waals surface area contributed by atoms with Crippen molar-refractivity contribution < 1.29 is 17.6 Å². The number of aromatic nitrogens is 1. The number of rotatable bonds is 7. The minimum atomic E-state index is -3.80. The molecule has 7 nitrogen and oxygen atoms in total. The Balaban J connectivity index is 1.57. The van der Waals surface area contributed by atoms with Crippen molar-refractivity contribution in [3.05, 3.63) is 53.1 Å². The molecule has 1 N–H and O–H groups in total. The standard InChI is InChI=1S/C23H25FN4O3S2/c1-14(2)20-6-16(24)7-21(15-3-4-26-17(5-15)9-25)22(20)8-23(29)27-33(30,31)19-10-28(11-19)18-12-32-13-18/h3-7,14,18-19H,8,10-13H2,1-2H3,(H,27,29). The van der Waals surface area contributed by atoms with Crippen LogP contribution < -0.4 is 4.72 Å². The Morgan fingerprint density at radius 3 is 2.67 bits per heavy atom. The molecule has 2 aromatic rings. The zero-order chi connectivity index (χ0) is 23.8. The van der Waals surface area contributed by atoms with E-state index in [1.54, 1.807) is 6.07 Å². The molecule has 0 unspecified atom stereocenters. The van der Waals surface area contributed by atoms with Crippen molar-refractivity contribution in [2.75, 3.05) is 24.6 Å². The summed E-state index contributed by atoms with van der Waals surface area (Å²) in [5.74, 6) is 0.818. The van der Waals surface area contributed by atoms with E-state index in [-0.39, 0.29) is 18.0 Å². The third-order valence-electron chi connectivity index (χ3n) is 6.10. The van der Waals surface area contributed by atoms with Gasteiger partial charge in [0.25, 0.3) is 0 Å². The van der Waals surface area contributed by atoms with Gasteiger partial charge in [-0.25, -0.2) is 17.8 Å². The first-order valence-corrected chi connectivity index (χ1v) is 13.4. The average molecular weight is 489 g/mol. The summed E-state index contributed by atoms with van der Waals surface area (Å²) in [6, 6.07) is 8.24. The SMILES string of the molecule is CC(C)c1cc(F)cc(-c2ccnc(C#N)c2)c1CC(=O)NS(=O)(=O)C1CN(C2CSC2)C1. The van der Waals surface area contributed by atoms with Gasteiger partial charge < -0.3 is 0 Å². The number of nitriles is 1. The predicted molar refractivity (Wildman–Crippen MR) is 126 cm³/mol. The Morgan fingerprint density at radius 2 is 2.06 bits per heavy atom. The summed E-state index contributed by atoms with van der Waals surface area (Å²) in [6.07, 6.45) is 1.23. The van der Waals surface area contributed by atoms with E-state index in [4.69, 9.17) is 0 Å². The van der Waals surface area contributed by atoms with Crippen molar-refractivity contribution in [3.63, 3.8) is 0 Å². The minimum absolute atomic E-state index is 0.100. The van der Waals surface area contributed by atoms with E-state index >= 15 is 0 Å². The molecule has 1 aromatic heterocycles. The summed E-state index contributed by atoms with van der Waals surface area (Å²) in [4.78, 5) is 18.9. The molecule has 2 saturated heterocycles. The number of nitrogens with one attached hydrogen (secondary N) is 1. The van der Waals surface area contributed by atoms with E-state index in [2.05, 4.69) is 14.6 Å². The topological polar surface area (TPSA) is 103 Å². The van der Waals surface area contributed by atoms with Gasteiger partial charge in [0, 0.05) is 36.8 Å². The van der Waals surface area contributed by atoms with E-state index < -0.39 is 27.0 Å². The van der Waals surface area contributed by atoms with Crippen LogP contribution in [0.25, 0.3) is 11.1 Å². The maximum atomic E-state index is 14.5. The Kier molecular flexibility index (Phi) is 6.75. The van der Waals surface area contributed by atoms with Crippen molar-refractivity contribution in [1.29, 1.82) is 5.26 Å². The maximum Gasteiger partial charge on any atom is 0.240 e. The zero-order valence-electron chi connectivity index (χ0n) is 18.4. The summed E-state index contributed by atoms with van der Waals surface area (Å²) in [6.45, 7) is 4.62. The number of carbonyl (C=O) groups is 1. The van der Waals surface area contributed by atoms with Crippen molar-refractivity contribution in [2.24, 2.45) is 0 Å². The van der Waals surface area contributed by atoms with Gasteiger partial charge >= 0.3 is 0 Å². The van der Waals surface area contributed by atoms with Crippen LogP contribution in [0, 0.1) is 17.1 Å². The minimum Gasteiger partial charge on any atom is -0.296 e. The van der Waals surface area contributed by atoms with Crippen LogP contribution in [-0.4, -0.2) is 60.1 Å². The number of thioether (sulfide) groups is 1. The van der Waals surface area contributed by atoms with Crippen LogP contribution in [0.2, 0.25) is 0 Å². The highest BCUT2D eigenvalue weighted by Gasteiger charge is 2.42. The van der Waals surface area contributed by atoms with Crippen molar-refractivity contribution in [3.8, 4) is 17.2 Å². The van der Waals surface area contributed by atoms with Gasteiger partial charge in [0.1, 0.15) is 22.8 Å². The molecule has 1 amide bonds.